The van der Waals surface area contributed by atoms with E-state index in [1.54, 1.807) is 6.20 Å². The molecule has 1 aliphatic rings. The van der Waals surface area contributed by atoms with Gasteiger partial charge in [0.15, 0.2) is 0 Å². The van der Waals surface area contributed by atoms with Crippen LogP contribution in [0.25, 0.3) is 0 Å². The third-order valence-corrected chi connectivity index (χ3v) is 3.96. The van der Waals surface area contributed by atoms with E-state index in [-0.39, 0.29) is 5.91 Å². The molecule has 2 heterocycles. The minimum absolute atomic E-state index is 0.0345. The van der Waals surface area contributed by atoms with Gasteiger partial charge in [-0.3, -0.25) is 9.78 Å². The van der Waals surface area contributed by atoms with E-state index in [1.807, 2.05) is 29.2 Å². The Morgan fingerprint density at radius 2 is 1.77 bits per heavy atom. The van der Waals surface area contributed by atoms with Gasteiger partial charge >= 0.3 is 0 Å². The number of aromatic nitrogens is 1. The summed E-state index contributed by atoms with van der Waals surface area (Å²) in [5.41, 5.74) is 3.63. The highest BCUT2D eigenvalue weighted by Crippen LogP contribution is 2.19. The summed E-state index contributed by atoms with van der Waals surface area (Å²) in [7, 11) is 0. The zero-order valence-corrected chi connectivity index (χ0v) is 12.9. The predicted molar refractivity (Wildman–Crippen MR) is 88.5 cm³/mol. The fourth-order valence-corrected chi connectivity index (χ4v) is 2.69. The number of carbonyl (C=O) groups excluding carboxylic acids is 1. The lowest BCUT2D eigenvalue weighted by Gasteiger charge is -2.26. The maximum Gasteiger partial charge on any atom is 0.272 e. The van der Waals surface area contributed by atoms with Crippen molar-refractivity contribution in [1.29, 1.82) is 0 Å². The lowest BCUT2D eigenvalue weighted by Crippen LogP contribution is -2.36. The van der Waals surface area contributed by atoms with Crippen molar-refractivity contribution in [2.75, 3.05) is 18.4 Å². The number of amides is 1. The molecule has 1 amide bonds. The Balaban J connectivity index is 1.74. The Labute approximate surface area is 131 Å². The molecule has 1 aromatic carbocycles. The van der Waals surface area contributed by atoms with Crippen molar-refractivity contribution in [2.24, 2.45) is 0 Å². The van der Waals surface area contributed by atoms with E-state index in [9.17, 15) is 4.79 Å². The second-order valence-corrected chi connectivity index (χ2v) is 5.77. The zero-order chi connectivity index (χ0) is 15.4. The Kier molecular flexibility index (Phi) is 4.37. The first kappa shape index (κ1) is 14.6. The fourth-order valence-electron chi connectivity index (χ4n) is 2.69. The lowest BCUT2D eigenvalue weighted by molar-refractivity contribution is 0.0718. The summed E-state index contributed by atoms with van der Waals surface area (Å²) in [6.45, 7) is 3.75. The van der Waals surface area contributed by atoms with Crippen LogP contribution in [-0.4, -0.2) is 28.9 Å². The normalized spacial score (nSPS) is 14.7. The van der Waals surface area contributed by atoms with Crippen LogP contribution in [0, 0.1) is 6.92 Å². The van der Waals surface area contributed by atoms with E-state index < -0.39 is 0 Å². The lowest BCUT2D eigenvalue weighted by atomic mass is 10.1. The third-order valence-electron chi connectivity index (χ3n) is 3.96. The molecule has 0 aliphatic carbocycles. The van der Waals surface area contributed by atoms with Crippen LogP contribution in [0.3, 0.4) is 0 Å². The number of carbonyl (C=O) groups is 1. The SMILES string of the molecule is Cc1ccc(Nc2ccnc(C(=O)N3CCCCC3)c2)cc1. The van der Waals surface area contributed by atoms with Gasteiger partial charge in [-0.15, -0.1) is 0 Å². The molecular weight excluding hydrogens is 274 g/mol. The highest BCUT2D eigenvalue weighted by Gasteiger charge is 2.19. The summed E-state index contributed by atoms with van der Waals surface area (Å²) in [6, 6.07) is 11.9. The minimum Gasteiger partial charge on any atom is -0.355 e. The molecule has 0 unspecified atom stereocenters. The molecule has 2 aromatic rings. The number of aryl methyl sites for hydroxylation is 1. The number of nitrogens with zero attached hydrogens (tertiary/aromatic N) is 2. The average molecular weight is 295 g/mol. The summed E-state index contributed by atoms with van der Waals surface area (Å²) in [4.78, 5) is 18.6. The molecule has 1 aliphatic heterocycles. The third kappa shape index (κ3) is 3.45. The van der Waals surface area contributed by atoms with E-state index in [1.165, 1.54) is 12.0 Å². The van der Waals surface area contributed by atoms with Gasteiger partial charge < -0.3 is 10.2 Å². The van der Waals surface area contributed by atoms with E-state index in [2.05, 4.69) is 29.4 Å². The molecule has 0 atom stereocenters. The predicted octanol–water partition coefficient (Wildman–Crippen LogP) is 3.76. The van der Waals surface area contributed by atoms with Crippen molar-refractivity contribution in [1.82, 2.24) is 9.88 Å². The van der Waals surface area contributed by atoms with E-state index in [4.69, 9.17) is 0 Å². The van der Waals surface area contributed by atoms with Crippen molar-refractivity contribution in [3.63, 3.8) is 0 Å². The molecule has 0 saturated carbocycles. The molecule has 0 bridgehead atoms. The number of pyridine rings is 1. The minimum atomic E-state index is 0.0345. The Hall–Kier alpha value is -2.36. The smallest absolute Gasteiger partial charge is 0.272 e. The fraction of sp³-hybridized carbons (Fsp3) is 0.333. The Morgan fingerprint density at radius 3 is 2.50 bits per heavy atom. The van der Waals surface area contributed by atoms with E-state index in [0.29, 0.717) is 5.69 Å². The highest BCUT2D eigenvalue weighted by molar-refractivity contribution is 5.93. The van der Waals surface area contributed by atoms with Gasteiger partial charge in [0.05, 0.1) is 0 Å². The second-order valence-electron chi connectivity index (χ2n) is 5.77. The number of likely N-dealkylation sites (tertiary alicyclic amines) is 1. The van der Waals surface area contributed by atoms with Gasteiger partial charge in [-0.05, 0) is 50.5 Å². The topological polar surface area (TPSA) is 45.2 Å². The summed E-state index contributed by atoms with van der Waals surface area (Å²) < 4.78 is 0. The van der Waals surface area contributed by atoms with Crippen LogP contribution in [-0.2, 0) is 0 Å². The first-order chi connectivity index (χ1) is 10.7. The first-order valence-electron chi connectivity index (χ1n) is 7.81. The number of hydrogen-bond donors (Lipinski definition) is 1. The first-order valence-corrected chi connectivity index (χ1v) is 7.81. The van der Waals surface area contributed by atoms with Crippen LogP contribution in [0.5, 0.6) is 0 Å². The van der Waals surface area contributed by atoms with Crippen molar-refractivity contribution in [3.8, 4) is 0 Å². The van der Waals surface area contributed by atoms with Gasteiger partial charge in [-0.1, -0.05) is 17.7 Å². The molecule has 22 heavy (non-hydrogen) atoms. The summed E-state index contributed by atoms with van der Waals surface area (Å²) in [5, 5.41) is 3.32. The average Bonchev–Trinajstić information content (AvgIpc) is 2.57. The van der Waals surface area contributed by atoms with Gasteiger partial charge in [0, 0.05) is 30.7 Å². The van der Waals surface area contributed by atoms with Crippen molar-refractivity contribution in [3.05, 3.63) is 53.9 Å². The maximum absolute atomic E-state index is 12.5. The number of hydrogen-bond acceptors (Lipinski definition) is 3. The van der Waals surface area contributed by atoms with Crippen LogP contribution >= 0.6 is 0 Å². The zero-order valence-electron chi connectivity index (χ0n) is 12.9. The number of benzene rings is 1. The Morgan fingerprint density at radius 1 is 1.05 bits per heavy atom. The van der Waals surface area contributed by atoms with E-state index in [0.717, 1.165) is 37.3 Å². The second kappa shape index (κ2) is 6.60. The summed E-state index contributed by atoms with van der Waals surface area (Å²) >= 11 is 0. The molecule has 1 N–H and O–H groups in total. The summed E-state index contributed by atoms with van der Waals surface area (Å²) in [5.74, 6) is 0.0345. The molecule has 4 nitrogen and oxygen atoms in total. The highest BCUT2D eigenvalue weighted by atomic mass is 16.2. The number of piperidine rings is 1. The molecular formula is C18H21N3O. The largest absolute Gasteiger partial charge is 0.355 e. The van der Waals surface area contributed by atoms with Gasteiger partial charge in [-0.25, -0.2) is 0 Å². The van der Waals surface area contributed by atoms with Crippen LogP contribution in [0.15, 0.2) is 42.6 Å². The number of anilines is 2. The van der Waals surface area contributed by atoms with Crippen molar-refractivity contribution >= 4 is 17.3 Å². The summed E-state index contributed by atoms with van der Waals surface area (Å²) in [6.07, 6.45) is 5.08. The molecule has 0 radical (unpaired) electrons. The number of nitrogens with one attached hydrogen (secondary N) is 1. The monoisotopic (exact) mass is 295 g/mol. The molecule has 1 saturated heterocycles. The van der Waals surface area contributed by atoms with E-state index >= 15 is 0 Å². The molecule has 3 rings (SSSR count). The maximum atomic E-state index is 12.5. The van der Waals surface area contributed by atoms with Gasteiger partial charge in [0.1, 0.15) is 5.69 Å². The Bertz CT molecular complexity index is 646. The van der Waals surface area contributed by atoms with Gasteiger partial charge in [0.2, 0.25) is 0 Å². The van der Waals surface area contributed by atoms with Crippen LogP contribution in [0.4, 0.5) is 11.4 Å². The van der Waals surface area contributed by atoms with Crippen LogP contribution in [0.1, 0.15) is 35.3 Å². The van der Waals surface area contributed by atoms with Crippen molar-refractivity contribution in [2.45, 2.75) is 26.2 Å². The van der Waals surface area contributed by atoms with Crippen LogP contribution in [0.2, 0.25) is 0 Å². The van der Waals surface area contributed by atoms with Crippen LogP contribution < -0.4 is 5.32 Å². The molecule has 0 spiro atoms. The van der Waals surface area contributed by atoms with Crippen molar-refractivity contribution < 1.29 is 4.79 Å². The standard InChI is InChI=1S/C18H21N3O/c1-14-5-7-15(8-6-14)20-16-9-10-19-17(13-16)18(22)21-11-3-2-4-12-21/h5-10,13H,2-4,11-12H2,1H3,(H,19,20). The van der Waals surface area contributed by atoms with Gasteiger partial charge in [0.25, 0.3) is 5.91 Å². The van der Waals surface area contributed by atoms with Gasteiger partial charge in [-0.2, -0.15) is 0 Å². The molecule has 114 valence electrons. The molecule has 4 heteroatoms. The quantitative estimate of drug-likeness (QED) is 0.937. The number of rotatable bonds is 3. The molecule has 1 aromatic heterocycles. The molecule has 1 fully saturated rings.